The number of non-ortho nitro benzene ring substituents is 1. The van der Waals surface area contributed by atoms with E-state index >= 15 is 0 Å². The van der Waals surface area contributed by atoms with E-state index in [9.17, 15) is 14.9 Å². The van der Waals surface area contributed by atoms with E-state index in [0.717, 1.165) is 40.2 Å². The third-order valence-corrected chi connectivity index (χ3v) is 6.62. The van der Waals surface area contributed by atoms with Gasteiger partial charge in [-0.05, 0) is 63.4 Å². The molecule has 0 fully saturated rings. The minimum atomic E-state index is -0.540. The van der Waals surface area contributed by atoms with Crippen LogP contribution >= 0.6 is 0 Å². The van der Waals surface area contributed by atoms with Gasteiger partial charge in [-0.1, -0.05) is 6.07 Å². The van der Waals surface area contributed by atoms with Crippen LogP contribution in [-0.2, 0) is 6.54 Å². The van der Waals surface area contributed by atoms with Crippen molar-refractivity contribution in [2.45, 2.75) is 41.2 Å². The lowest BCUT2D eigenvalue weighted by Crippen LogP contribution is -2.13. The Hall–Kier alpha value is -5.06. The number of ether oxygens (including phenoxy) is 1. The fraction of sp³-hybridized carbons (Fsp3) is 0.214. The number of benzene rings is 2. The van der Waals surface area contributed by atoms with Crippen LogP contribution in [0.2, 0.25) is 0 Å². The molecule has 0 saturated carbocycles. The van der Waals surface area contributed by atoms with Gasteiger partial charge in [0.1, 0.15) is 11.5 Å². The van der Waals surface area contributed by atoms with Gasteiger partial charge >= 0.3 is 0 Å². The molecular weight excluding hydrogens is 498 g/mol. The first-order chi connectivity index (χ1) is 18.6. The fourth-order valence-electron chi connectivity index (χ4n) is 4.48. The summed E-state index contributed by atoms with van der Waals surface area (Å²) in [5.74, 6) is 0.280. The number of anilines is 1. The molecule has 0 aliphatic heterocycles. The summed E-state index contributed by atoms with van der Waals surface area (Å²) < 4.78 is 9.49. The third-order valence-electron chi connectivity index (χ3n) is 6.62. The molecule has 1 amide bonds. The second kappa shape index (κ2) is 10.0. The summed E-state index contributed by atoms with van der Waals surface area (Å²) in [5.41, 5.74) is 6.13. The van der Waals surface area contributed by atoms with Crippen molar-refractivity contribution in [2.75, 3.05) is 5.32 Å². The van der Waals surface area contributed by atoms with E-state index in [1.165, 1.54) is 12.1 Å². The maximum absolute atomic E-state index is 13.2. The Morgan fingerprint density at radius 1 is 1.10 bits per heavy atom. The lowest BCUT2D eigenvalue weighted by molar-refractivity contribution is -0.384. The number of nitro benzene ring substituents is 1. The van der Waals surface area contributed by atoms with Gasteiger partial charge in [0.05, 0.1) is 28.6 Å². The number of amides is 1. The zero-order valence-corrected chi connectivity index (χ0v) is 22.2. The highest BCUT2D eigenvalue weighted by Gasteiger charge is 2.19. The highest BCUT2D eigenvalue weighted by molar-refractivity contribution is 6.03. The zero-order valence-electron chi connectivity index (χ0n) is 22.2. The number of hydrogen-bond donors (Lipinski definition) is 1. The van der Waals surface area contributed by atoms with E-state index in [-0.39, 0.29) is 22.8 Å². The molecule has 39 heavy (non-hydrogen) atoms. The largest absolute Gasteiger partial charge is 0.457 e. The van der Waals surface area contributed by atoms with Crippen LogP contribution in [0.15, 0.2) is 54.9 Å². The van der Waals surface area contributed by atoms with Crippen LogP contribution in [0.5, 0.6) is 11.5 Å². The van der Waals surface area contributed by atoms with Crippen molar-refractivity contribution in [3.05, 3.63) is 93.1 Å². The summed E-state index contributed by atoms with van der Waals surface area (Å²) in [5, 5.41) is 23.2. The Balaban J connectivity index is 1.47. The van der Waals surface area contributed by atoms with Gasteiger partial charge < -0.3 is 10.1 Å². The molecule has 3 aromatic heterocycles. The Kier molecular flexibility index (Phi) is 6.57. The molecule has 5 aromatic rings. The molecular formula is C28H27N7O4. The van der Waals surface area contributed by atoms with E-state index in [1.807, 2.05) is 57.5 Å². The molecule has 198 valence electrons. The number of carbonyl (C=O) groups excluding carboxylic acids is 1. The lowest BCUT2D eigenvalue weighted by Gasteiger charge is -2.13. The molecule has 0 saturated heterocycles. The number of aryl methyl sites for hydroxylation is 3. The van der Waals surface area contributed by atoms with Crippen LogP contribution < -0.4 is 10.1 Å². The van der Waals surface area contributed by atoms with Crippen molar-refractivity contribution in [3.63, 3.8) is 0 Å². The van der Waals surface area contributed by atoms with Crippen molar-refractivity contribution in [2.24, 2.45) is 0 Å². The molecule has 0 aliphatic carbocycles. The van der Waals surface area contributed by atoms with Crippen molar-refractivity contribution in [1.29, 1.82) is 0 Å². The number of fused-ring (bicyclic) bond motifs is 1. The first kappa shape index (κ1) is 25.6. The monoisotopic (exact) mass is 525 g/mol. The second-order valence-electron chi connectivity index (χ2n) is 9.32. The summed E-state index contributed by atoms with van der Waals surface area (Å²) in [6.07, 6.45) is 3.41. The number of nitrogens with zero attached hydrogens (tertiary/aromatic N) is 6. The number of rotatable bonds is 7. The van der Waals surface area contributed by atoms with Crippen LogP contribution in [0.3, 0.4) is 0 Å². The third kappa shape index (κ3) is 4.93. The minimum absolute atomic E-state index is 0.106. The van der Waals surface area contributed by atoms with E-state index in [0.29, 0.717) is 11.4 Å². The smallest absolute Gasteiger partial charge is 0.276 e. The van der Waals surface area contributed by atoms with Gasteiger partial charge in [0.15, 0.2) is 11.3 Å². The van der Waals surface area contributed by atoms with Crippen molar-refractivity contribution < 1.29 is 14.5 Å². The second-order valence-corrected chi connectivity index (χ2v) is 9.32. The molecule has 11 heteroatoms. The van der Waals surface area contributed by atoms with Crippen molar-refractivity contribution >= 4 is 22.9 Å². The maximum atomic E-state index is 13.2. The summed E-state index contributed by atoms with van der Waals surface area (Å²) in [6, 6.07) is 11.4. The predicted octanol–water partition coefficient (Wildman–Crippen LogP) is 5.80. The van der Waals surface area contributed by atoms with E-state index in [1.54, 1.807) is 29.0 Å². The average Bonchev–Trinajstić information content (AvgIpc) is 3.50. The molecule has 2 aromatic carbocycles. The van der Waals surface area contributed by atoms with Gasteiger partial charge in [0, 0.05) is 42.2 Å². The van der Waals surface area contributed by atoms with Gasteiger partial charge in [-0.25, -0.2) is 9.50 Å². The molecule has 0 aliphatic rings. The van der Waals surface area contributed by atoms with Gasteiger partial charge in [-0.3, -0.25) is 19.6 Å². The molecule has 0 spiro atoms. The van der Waals surface area contributed by atoms with Crippen LogP contribution in [0.4, 0.5) is 11.4 Å². The van der Waals surface area contributed by atoms with E-state index in [4.69, 9.17) is 4.74 Å². The molecule has 11 nitrogen and oxygen atoms in total. The number of nitro groups is 1. The SMILES string of the molecule is CCn1ncc(-c2ccnc3cc(C(=O)Nc4cc(Oc5cc(C)cc(C)c5C)cc([N+](=O)[O-])c4)nn23)c1C. The molecule has 3 heterocycles. The number of nitrogens with one attached hydrogen (secondary N) is 1. The summed E-state index contributed by atoms with van der Waals surface area (Å²) in [4.78, 5) is 28.6. The normalized spacial score (nSPS) is 11.1. The topological polar surface area (TPSA) is 129 Å². The molecule has 1 N–H and O–H groups in total. The zero-order chi connectivity index (χ0) is 27.8. The van der Waals surface area contributed by atoms with E-state index in [2.05, 4.69) is 20.5 Å². The molecule has 0 atom stereocenters. The molecule has 0 unspecified atom stereocenters. The molecule has 0 bridgehead atoms. The average molecular weight is 526 g/mol. The fourth-order valence-corrected chi connectivity index (χ4v) is 4.48. The van der Waals surface area contributed by atoms with Gasteiger partial charge in [-0.15, -0.1) is 0 Å². The van der Waals surface area contributed by atoms with E-state index < -0.39 is 10.8 Å². The maximum Gasteiger partial charge on any atom is 0.276 e. The minimum Gasteiger partial charge on any atom is -0.457 e. The molecule has 0 radical (unpaired) electrons. The standard InChI is InChI=1S/C28H27N7O4/c1-6-33-19(5)23(15-30-33)25-7-8-29-27-14-24(32-34(25)27)28(36)31-20-11-21(35(37)38)13-22(12-20)39-26-10-16(2)9-17(3)18(26)4/h7-15H,6H2,1-5H3,(H,31,36). The summed E-state index contributed by atoms with van der Waals surface area (Å²) in [6.45, 7) is 10.5. The van der Waals surface area contributed by atoms with Gasteiger partial charge in [0.2, 0.25) is 0 Å². The van der Waals surface area contributed by atoms with Gasteiger partial charge in [0.25, 0.3) is 11.6 Å². The summed E-state index contributed by atoms with van der Waals surface area (Å²) in [7, 11) is 0. The van der Waals surface area contributed by atoms with Crippen LogP contribution in [0.25, 0.3) is 16.9 Å². The first-order valence-corrected chi connectivity index (χ1v) is 12.4. The van der Waals surface area contributed by atoms with Gasteiger partial charge in [-0.2, -0.15) is 10.2 Å². The Morgan fingerprint density at radius 3 is 2.62 bits per heavy atom. The Bertz CT molecular complexity index is 1750. The van der Waals surface area contributed by atoms with Crippen LogP contribution in [0.1, 0.15) is 39.8 Å². The van der Waals surface area contributed by atoms with Crippen LogP contribution in [0, 0.1) is 37.8 Å². The highest BCUT2D eigenvalue weighted by atomic mass is 16.6. The van der Waals surface area contributed by atoms with Crippen LogP contribution in [-0.4, -0.2) is 35.2 Å². The lowest BCUT2D eigenvalue weighted by atomic mass is 10.1. The number of aromatic nitrogens is 5. The number of carbonyl (C=O) groups is 1. The number of hydrogen-bond acceptors (Lipinski definition) is 7. The van der Waals surface area contributed by atoms with Crippen molar-refractivity contribution in [3.8, 4) is 22.8 Å². The first-order valence-electron chi connectivity index (χ1n) is 12.4. The summed E-state index contributed by atoms with van der Waals surface area (Å²) >= 11 is 0. The quantitative estimate of drug-likeness (QED) is 0.210. The predicted molar refractivity (Wildman–Crippen MR) is 146 cm³/mol. The highest BCUT2D eigenvalue weighted by Crippen LogP contribution is 2.33. The molecule has 5 rings (SSSR count). The Labute approximate surface area is 224 Å². The Morgan fingerprint density at radius 2 is 1.90 bits per heavy atom. The van der Waals surface area contributed by atoms with Crippen molar-refractivity contribution in [1.82, 2.24) is 24.4 Å².